The lowest BCUT2D eigenvalue weighted by molar-refractivity contribution is -0.0504. The van der Waals surface area contributed by atoms with Gasteiger partial charge in [0.15, 0.2) is 0 Å². The zero-order valence-corrected chi connectivity index (χ0v) is 13.3. The molecule has 5 unspecified atom stereocenters. The van der Waals surface area contributed by atoms with E-state index >= 15 is 0 Å². The summed E-state index contributed by atoms with van der Waals surface area (Å²) in [7, 11) is 0. The Balaban J connectivity index is 1.62. The van der Waals surface area contributed by atoms with Crippen LogP contribution in [0.25, 0.3) is 0 Å². The van der Waals surface area contributed by atoms with Gasteiger partial charge in [-0.15, -0.1) is 0 Å². The van der Waals surface area contributed by atoms with E-state index in [2.05, 4.69) is 19.2 Å². The standard InChI is InChI=1S/C17H33NO2/c1-3-14-8-4-5-10-17(14)20-12-15(19)11-18-16-9-6-7-13(16)2/h13-19H,3-12H2,1-2H3. The van der Waals surface area contributed by atoms with Crippen molar-refractivity contribution in [3.8, 4) is 0 Å². The summed E-state index contributed by atoms with van der Waals surface area (Å²) < 4.78 is 6.00. The van der Waals surface area contributed by atoms with Crippen molar-refractivity contribution < 1.29 is 9.84 Å². The molecule has 2 rings (SSSR count). The summed E-state index contributed by atoms with van der Waals surface area (Å²) >= 11 is 0. The first-order valence-electron chi connectivity index (χ1n) is 8.73. The predicted octanol–water partition coefficient (Wildman–Crippen LogP) is 3.11. The summed E-state index contributed by atoms with van der Waals surface area (Å²) in [6.07, 6.45) is 10.3. The Labute approximate surface area is 124 Å². The molecule has 20 heavy (non-hydrogen) atoms. The van der Waals surface area contributed by atoms with Crippen molar-refractivity contribution in [3.63, 3.8) is 0 Å². The molecule has 0 spiro atoms. The van der Waals surface area contributed by atoms with Crippen molar-refractivity contribution in [3.05, 3.63) is 0 Å². The van der Waals surface area contributed by atoms with Gasteiger partial charge in [-0.05, 0) is 37.5 Å². The first-order chi connectivity index (χ1) is 9.70. The highest BCUT2D eigenvalue weighted by Gasteiger charge is 2.26. The monoisotopic (exact) mass is 283 g/mol. The van der Waals surface area contributed by atoms with Crippen LogP contribution in [0.2, 0.25) is 0 Å². The summed E-state index contributed by atoms with van der Waals surface area (Å²) in [6, 6.07) is 0.600. The molecule has 0 heterocycles. The number of ether oxygens (including phenoxy) is 1. The topological polar surface area (TPSA) is 41.5 Å². The second-order valence-corrected chi connectivity index (χ2v) is 6.90. The van der Waals surface area contributed by atoms with Crippen molar-refractivity contribution in [1.82, 2.24) is 5.32 Å². The largest absolute Gasteiger partial charge is 0.389 e. The lowest BCUT2D eigenvalue weighted by atomic mass is 9.85. The third kappa shape index (κ3) is 4.71. The fourth-order valence-electron chi connectivity index (χ4n) is 3.89. The van der Waals surface area contributed by atoms with Gasteiger partial charge in [0.1, 0.15) is 0 Å². The highest BCUT2D eigenvalue weighted by molar-refractivity contribution is 4.81. The summed E-state index contributed by atoms with van der Waals surface area (Å²) in [5.74, 6) is 1.46. The van der Waals surface area contributed by atoms with Crippen LogP contribution in [0.5, 0.6) is 0 Å². The number of nitrogens with one attached hydrogen (secondary N) is 1. The molecule has 2 saturated carbocycles. The maximum Gasteiger partial charge on any atom is 0.0897 e. The fourth-order valence-corrected chi connectivity index (χ4v) is 3.89. The van der Waals surface area contributed by atoms with E-state index in [1.165, 1.54) is 51.4 Å². The molecule has 0 aromatic rings. The molecular weight excluding hydrogens is 250 g/mol. The van der Waals surface area contributed by atoms with Crippen LogP contribution >= 0.6 is 0 Å². The maximum absolute atomic E-state index is 10.1. The lowest BCUT2D eigenvalue weighted by Crippen LogP contribution is -2.40. The Kier molecular flexibility index (Phi) is 6.79. The molecule has 0 radical (unpaired) electrons. The molecule has 2 aliphatic carbocycles. The van der Waals surface area contributed by atoms with Crippen molar-refractivity contribution in [2.45, 2.75) is 83.5 Å². The number of aliphatic hydroxyl groups excluding tert-OH is 1. The van der Waals surface area contributed by atoms with Gasteiger partial charge in [0.25, 0.3) is 0 Å². The van der Waals surface area contributed by atoms with E-state index in [1.54, 1.807) is 0 Å². The normalized spacial score (nSPS) is 36.1. The Morgan fingerprint density at radius 2 is 1.95 bits per heavy atom. The van der Waals surface area contributed by atoms with Gasteiger partial charge in [-0.1, -0.05) is 39.5 Å². The fraction of sp³-hybridized carbons (Fsp3) is 1.00. The molecule has 3 nitrogen and oxygen atoms in total. The van der Waals surface area contributed by atoms with Gasteiger partial charge in [0, 0.05) is 12.6 Å². The van der Waals surface area contributed by atoms with Crippen LogP contribution in [0.15, 0.2) is 0 Å². The van der Waals surface area contributed by atoms with Crippen molar-refractivity contribution in [2.24, 2.45) is 11.8 Å². The average molecular weight is 283 g/mol. The first-order valence-corrected chi connectivity index (χ1v) is 8.73. The van der Waals surface area contributed by atoms with Gasteiger partial charge in [0.2, 0.25) is 0 Å². The van der Waals surface area contributed by atoms with Crippen LogP contribution in [0, 0.1) is 11.8 Å². The van der Waals surface area contributed by atoms with Crippen molar-refractivity contribution in [2.75, 3.05) is 13.2 Å². The van der Waals surface area contributed by atoms with Crippen LogP contribution in [-0.4, -0.2) is 36.5 Å². The van der Waals surface area contributed by atoms with Gasteiger partial charge in [0.05, 0.1) is 18.8 Å². The lowest BCUT2D eigenvalue weighted by Gasteiger charge is -2.31. The van der Waals surface area contributed by atoms with Gasteiger partial charge >= 0.3 is 0 Å². The minimum absolute atomic E-state index is 0.359. The Morgan fingerprint density at radius 1 is 1.15 bits per heavy atom. The molecule has 3 heteroatoms. The molecule has 2 aliphatic rings. The third-order valence-electron chi connectivity index (χ3n) is 5.34. The van der Waals surface area contributed by atoms with Crippen LogP contribution in [0.4, 0.5) is 0 Å². The zero-order valence-electron chi connectivity index (χ0n) is 13.3. The maximum atomic E-state index is 10.1. The molecule has 0 saturated heterocycles. The van der Waals surface area contributed by atoms with Crippen molar-refractivity contribution >= 4 is 0 Å². The van der Waals surface area contributed by atoms with Gasteiger partial charge in [-0.3, -0.25) is 0 Å². The molecule has 0 aromatic heterocycles. The van der Waals surface area contributed by atoms with Gasteiger partial charge in [-0.2, -0.15) is 0 Å². The van der Waals surface area contributed by atoms with E-state index in [1.807, 2.05) is 0 Å². The predicted molar refractivity (Wildman–Crippen MR) is 82.8 cm³/mol. The Hall–Kier alpha value is -0.120. The zero-order chi connectivity index (χ0) is 14.4. The summed E-state index contributed by atoms with van der Waals surface area (Å²) in [5, 5.41) is 13.6. The summed E-state index contributed by atoms with van der Waals surface area (Å²) in [5.41, 5.74) is 0. The van der Waals surface area contributed by atoms with E-state index in [0.717, 1.165) is 5.92 Å². The van der Waals surface area contributed by atoms with E-state index in [9.17, 15) is 5.11 Å². The van der Waals surface area contributed by atoms with Crippen LogP contribution in [0.1, 0.15) is 65.2 Å². The average Bonchev–Trinajstić information content (AvgIpc) is 2.88. The van der Waals surface area contributed by atoms with E-state index < -0.39 is 0 Å². The van der Waals surface area contributed by atoms with E-state index in [4.69, 9.17) is 4.74 Å². The van der Waals surface area contributed by atoms with Crippen LogP contribution < -0.4 is 5.32 Å². The molecule has 118 valence electrons. The number of hydrogen-bond donors (Lipinski definition) is 2. The SMILES string of the molecule is CCC1CCCCC1OCC(O)CNC1CCCC1C. The Morgan fingerprint density at radius 3 is 2.65 bits per heavy atom. The van der Waals surface area contributed by atoms with Crippen molar-refractivity contribution in [1.29, 1.82) is 0 Å². The summed E-state index contributed by atoms with van der Waals surface area (Å²) in [6.45, 7) is 5.74. The molecule has 5 atom stereocenters. The van der Waals surface area contributed by atoms with Crippen LogP contribution in [-0.2, 0) is 4.74 Å². The summed E-state index contributed by atoms with van der Waals surface area (Å²) in [4.78, 5) is 0. The van der Waals surface area contributed by atoms with Gasteiger partial charge < -0.3 is 15.2 Å². The highest BCUT2D eigenvalue weighted by Crippen LogP contribution is 2.29. The second-order valence-electron chi connectivity index (χ2n) is 6.90. The highest BCUT2D eigenvalue weighted by atomic mass is 16.5. The third-order valence-corrected chi connectivity index (χ3v) is 5.34. The first kappa shape index (κ1) is 16.3. The number of aliphatic hydroxyl groups is 1. The molecule has 0 aliphatic heterocycles. The van der Waals surface area contributed by atoms with Gasteiger partial charge in [-0.25, -0.2) is 0 Å². The quantitative estimate of drug-likeness (QED) is 0.754. The second kappa shape index (κ2) is 8.35. The molecule has 0 bridgehead atoms. The molecular formula is C17H33NO2. The van der Waals surface area contributed by atoms with E-state index in [0.29, 0.717) is 31.2 Å². The number of hydrogen-bond acceptors (Lipinski definition) is 3. The Bertz CT molecular complexity index is 272. The minimum atomic E-state index is -0.359. The number of rotatable bonds is 7. The molecule has 0 aromatic carbocycles. The van der Waals surface area contributed by atoms with E-state index in [-0.39, 0.29) is 6.10 Å². The minimum Gasteiger partial charge on any atom is -0.389 e. The molecule has 2 fully saturated rings. The molecule has 2 N–H and O–H groups in total. The molecule has 0 amide bonds. The smallest absolute Gasteiger partial charge is 0.0897 e. The van der Waals surface area contributed by atoms with Crippen LogP contribution in [0.3, 0.4) is 0 Å².